The van der Waals surface area contributed by atoms with Crippen LogP contribution in [0.1, 0.15) is 58.1 Å². The first-order chi connectivity index (χ1) is 10.0. The van der Waals surface area contributed by atoms with E-state index in [1.165, 1.54) is 0 Å². The Morgan fingerprint density at radius 1 is 1.48 bits per heavy atom. The Bertz CT molecular complexity index is 469. The van der Waals surface area contributed by atoms with Gasteiger partial charge in [0.2, 0.25) is 5.91 Å². The number of likely N-dealkylation sites (tertiary alicyclic amines) is 1. The molecule has 1 aromatic rings. The molecule has 2 atom stereocenters. The van der Waals surface area contributed by atoms with Gasteiger partial charge in [-0.05, 0) is 25.2 Å². The number of aryl methyl sites for hydroxylation is 1. The molecule has 1 fully saturated rings. The van der Waals surface area contributed by atoms with Gasteiger partial charge in [-0.15, -0.1) is 0 Å². The first-order valence-electron chi connectivity index (χ1n) is 8.10. The van der Waals surface area contributed by atoms with Crippen LogP contribution < -0.4 is 5.73 Å². The van der Waals surface area contributed by atoms with Crippen molar-refractivity contribution in [3.8, 4) is 0 Å². The first kappa shape index (κ1) is 16.0. The fourth-order valence-electron chi connectivity index (χ4n) is 3.10. The summed E-state index contributed by atoms with van der Waals surface area (Å²) < 4.78 is 1.95. The van der Waals surface area contributed by atoms with Crippen LogP contribution in [0.25, 0.3) is 0 Å². The van der Waals surface area contributed by atoms with Crippen molar-refractivity contribution >= 4 is 5.91 Å². The molecule has 1 saturated heterocycles. The lowest BCUT2D eigenvalue weighted by molar-refractivity contribution is -0.133. The zero-order valence-corrected chi connectivity index (χ0v) is 13.5. The predicted molar refractivity (Wildman–Crippen MR) is 83.6 cm³/mol. The zero-order valence-electron chi connectivity index (χ0n) is 13.5. The van der Waals surface area contributed by atoms with E-state index < -0.39 is 0 Å². The highest BCUT2D eigenvalue weighted by molar-refractivity contribution is 5.77. The van der Waals surface area contributed by atoms with E-state index in [1.54, 1.807) is 0 Å². The Kier molecular flexibility index (Phi) is 5.39. The van der Waals surface area contributed by atoms with Gasteiger partial charge in [-0.2, -0.15) is 5.10 Å². The molecule has 5 heteroatoms. The lowest BCUT2D eigenvalue weighted by Gasteiger charge is -2.34. The number of aromatic nitrogens is 2. The van der Waals surface area contributed by atoms with E-state index in [1.807, 2.05) is 15.8 Å². The monoisotopic (exact) mass is 292 g/mol. The lowest BCUT2D eigenvalue weighted by atomic mass is 9.98. The average Bonchev–Trinajstić information content (AvgIpc) is 2.81. The van der Waals surface area contributed by atoms with E-state index >= 15 is 0 Å². The van der Waals surface area contributed by atoms with Gasteiger partial charge in [0.1, 0.15) is 0 Å². The fourth-order valence-corrected chi connectivity index (χ4v) is 3.10. The van der Waals surface area contributed by atoms with Crippen molar-refractivity contribution in [3.63, 3.8) is 0 Å². The van der Waals surface area contributed by atoms with Crippen LogP contribution in [0.2, 0.25) is 0 Å². The normalized spacial score (nSPS) is 23.7. The van der Waals surface area contributed by atoms with Gasteiger partial charge >= 0.3 is 0 Å². The standard InChI is InChI=1S/C16H28N4O/c1-4-8-19-11-13(9-18-19)16-14(17)6-5-7-15(21)20(16)10-12(2)3/h9,11-12,14,16H,4-8,10,17H2,1-3H3. The number of carbonyl (C=O) groups is 1. The Morgan fingerprint density at radius 2 is 2.24 bits per heavy atom. The Balaban J connectivity index is 2.29. The summed E-state index contributed by atoms with van der Waals surface area (Å²) in [7, 11) is 0. The topological polar surface area (TPSA) is 64.2 Å². The molecule has 0 radical (unpaired) electrons. The number of hydrogen-bond acceptors (Lipinski definition) is 3. The highest BCUT2D eigenvalue weighted by Crippen LogP contribution is 2.30. The Hall–Kier alpha value is -1.36. The van der Waals surface area contributed by atoms with Crippen molar-refractivity contribution in [2.75, 3.05) is 6.54 Å². The second-order valence-corrected chi connectivity index (χ2v) is 6.48. The van der Waals surface area contributed by atoms with E-state index in [0.717, 1.165) is 37.9 Å². The van der Waals surface area contributed by atoms with Crippen LogP contribution in [0.15, 0.2) is 12.4 Å². The largest absolute Gasteiger partial charge is 0.334 e. The molecule has 0 aromatic carbocycles. The molecule has 21 heavy (non-hydrogen) atoms. The summed E-state index contributed by atoms with van der Waals surface area (Å²) in [4.78, 5) is 14.4. The number of amides is 1. The molecule has 0 spiro atoms. The van der Waals surface area contributed by atoms with Crippen LogP contribution in [0.4, 0.5) is 0 Å². The fraction of sp³-hybridized carbons (Fsp3) is 0.750. The molecular weight excluding hydrogens is 264 g/mol. The number of carbonyl (C=O) groups excluding carboxylic acids is 1. The van der Waals surface area contributed by atoms with Crippen molar-refractivity contribution < 1.29 is 4.79 Å². The molecule has 5 nitrogen and oxygen atoms in total. The van der Waals surface area contributed by atoms with Crippen LogP contribution >= 0.6 is 0 Å². The first-order valence-corrected chi connectivity index (χ1v) is 8.10. The van der Waals surface area contributed by atoms with Crippen molar-refractivity contribution in [1.29, 1.82) is 0 Å². The third kappa shape index (κ3) is 3.84. The molecule has 2 N–H and O–H groups in total. The molecular formula is C16H28N4O. The van der Waals surface area contributed by atoms with E-state index in [4.69, 9.17) is 5.73 Å². The third-order valence-electron chi connectivity index (χ3n) is 4.00. The molecule has 1 aromatic heterocycles. The van der Waals surface area contributed by atoms with Crippen LogP contribution in [-0.2, 0) is 11.3 Å². The molecule has 1 aliphatic rings. The quantitative estimate of drug-likeness (QED) is 0.906. The van der Waals surface area contributed by atoms with Gasteiger partial charge in [-0.3, -0.25) is 9.48 Å². The third-order valence-corrected chi connectivity index (χ3v) is 4.00. The molecule has 118 valence electrons. The minimum absolute atomic E-state index is 0.00511. The van der Waals surface area contributed by atoms with Gasteiger partial charge in [-0.1, -0.05) is 20.8 Å². The van der Waals surface area contributed by atoms with Crippen molar-refractivity contribution in [1.82, 2.24) is 14.7 Å². The number of rotatable bonds is 5. The van der Waals surface area contributed by atoms with Gasteiger partial charge in [0, 0.05) is 37.3 Å². The maximum Gasteiger partial charge on any atom is 0.223 e. The average molecular weight is 292 g/mol. The van der Waals surface area contributed by atoms with Crippen LogP contribution in [0.3, 0.4) is 0 Å². The molecule has 0 bridgehead atoms. The van der Waals surface area contributed by atoms with Crippen molar-refractivity contribution in [3.05, 3.63) is 18.0 Å². The summed E-state index contributed by atoms with van der Waals surface area (Å²) in [6.45, 7) is 8.08. The SMILES string of the molecule is CCCn1cc(C2C(N)CCCC(=O)N2CC(C)C)cn1. The molecule has 1 aliphatic heterocycles. The second-order valence-electron chi connectivity index (χ2n) is 6.48. The summed E-state index contributed by atoms with van der Waals surface area (Å²) in [5.41, 5.74) is 7.47. The molecule has 0 saturated carbocycles. The second kappa shape index (κ2) is 7.07. The summed E-state index contributed by atoms with van der Waals surface area (Å²) in [5.74, 6) is 0.664. The van der Waals surface area contributed by atoms with Crippen molar-refractivity contribution in [2.45, 2.75) is 65.1 Å². The van der Waals surface area contributed by atoms with E-state index in [0.29, 0.717) is 12.3 Å². The summed E-state index contributed by atoms with van der Waals surface area (Å²) >= 11 is 0. The van der Waals surface area contributed by atoms with Gasteiger partial charge in [0.25, 0.3) is 0 Å². The van der Waals surface area contributed by atoms with Crippen LogP contribution in [0.5, 0.6) is 0 Å². The van der Waals surface area contributed by atoms with E-state index in [-0.39, 0.29) is 18.0 Å². The summed E-state index contributed by atoms with van der Waals surface area (Å²) in [5, 5.41) is 4.41. The Morgan fingerprint density at radius 3 is 2.90 bits per heavy atom. The number of hydrogen-bond donors (Lipinski definition) is 1. The number of nitrogens with two attached hydrogens (primary N) is 1. The highest BCUT2D eigenvalue weighted by atomic mass is 16.2. The lowest BCUT2D eigenvalue weighted by Crippen LogP contribution is -2.43. The maximum absolute atomic E-state index is 12.5. The van der Waals surface area contributed by atoms with E-state index in [2.05, 4.69) is 32.1 Å². The molecule has 2 unspecified atom stereocenters. The minimum atomic E-state index is -0.0343. The van der Waals surface area contributed by atoms with Crippen molar-refractivity contribution in [2.24, 2.45) is 11.7 Å². The molecule has 2 rings (SSSR count). The van der Waals surface area contributed by atoms with Gasteiger partial charge in [0.15, 0.2) is 0 Å². The van der Waals surface area contributed by atoms with Gasteiger partial charge < -0.3 is 10.6 Å². The maximum atomic E-state index is 12.5. The summed E-state index contributed by atoms with van der Waals surface area (Å²) in [6, 6.07) is -0.0394. The van der Waals surface area contributed by atoms with E-state index in [9.17, 15) is 4.79 Å². The van der Waals surface area contributed by atoms with Gasteiger partial charge in [-0.25, -0.2) is 0 Å². The van der Waals surface area contributed by atoms with Crippen LogP contribution in [-0.4, -0.2) is 33.2 Å². The van der Waals surface area contributed by atoms with Gasteiger partial charge in [0.05, 0.1) is 12.2 Å². The molecule has 2 heterocycles. The molecule has 0 aliphatic carbocycles. The highest BCUT2D eigenvalue weighted by Gasteiger charge is 2.33. The minimum Gasteiger partial charge on any atom is -0.334 e. The molecule has 1 amide bonds. The summed E-state index contributed by atoms with van der Waals surface area (Å²) in [6.07, 6.45) is 7.37. The van der Waals surface area contributed by atoms with Crippen LogP contribution in [0, 0.1) is 5.92 Å². The Labute approximate surface area is 127 Å². The number of nitrogens with zero attached hydrogens (tertiary/aromatic N) is 3. The zero-order chi connectivity index (χ0) is 15.4. The predicted octanol–water partition coefficient (Wildman–Crippen LogP) is 2.33. The smallest absolute Gasteiger partial charge is 0.223 e.